The number of rotatable bonds is 2. The van der Waals surface area contributed by atoms with Crippen LogP contribution in [0.4, 0.5) is 13.2 Å². The molecule has 0 amide bonds. The van der Waals surface area contributed by atoms with Gasteiger partial charge in [-0.2, -0.15) is 13.2 Å². The second-order valence-corrected chi connectivity index (χ2v) is 11.9. The second kappa shape index (κ2) is 12.2. The normalized spacial score (nSPS) is 12.5. The molecule has 0 spiro atoms. The van der Waals surface area contributed by atoms with Crippen LogP contribution in [0, 0.1) is 30.7 Å². The van der Waals surface area contributed by atoms with Gasteiger partial charge in [-0.05, 0) is 39.4 Å². The number of nitrogens with zero attached hydrogens (tertiary/aromatic N) is 1. The fourth-order valence-electron chi connectivity index (χ4n) is 4.07. The Kier molecular flexibility index (Phi) is 10.2. The van der Waals surface area contributed by atoms with Crippen LogP contribution in [0.1, 0.15) is 58.2 Å². The van der Waals surface area contributed by atoms with Crippen molar-refractivity contribution in [3.8, 4) is 11.3 Å². The first kappa shape index (κ1) is 33.2. The average molecular weight is 727 g/mol. The van der Waals surface area contributed by atoms with E-state index >= 15 is 0 Å². The Bertz CT molecular complexity index is 1540. The molecule has 0 unspecified atom stereocenters. The minimum Gasteiger partial charge on any atom is -0.512 e. The van der Waals surface area contributed by atoms with Crippen LogP contribution in [0.2, 0.25) is 0 Å². The minimum atomic E-state index is -4.41. The first-order chi connectivity index (χ1) is 17.9. The van der Waals surface area contributed by atoms with Gasteiger partial charge in [-0.15, -0.1) is 34.9 Å². The fourth-order valence-corrected chi connectivity index (χ4v) is 4.07. The maximum absolute atomic E-state index is 13.6. The first-order valence-corrected chi connectivity index (χ1v) is 12.7. The van der Waals surface area contributed by atoms with E-state index in [1.54, 1.807) is 30.5 Å². The number of aliphatic hydroxyl groups is 1. The molecule has 1 aromatic heterocycles. The third-order valence-corrected chi connectivity index (χ3v) is 6.25. The van der Waals surface area contributed by atoms with Gasteiger partial charge in [0.25, 0.3) is 0 Å². The van der Waals surface area contributed by atoms with Crippen molar-refractivity contribution in [1.82, 2.24) is 4.98 Å². The summed E-state index contributed by atoms with van der Waals surface area (Å²) in [6, 6.07) is 16.7. The van der Waals surface area contributed by atoms with Crippen molar-refractivity contribution in [1.29, 1.82) is 0 Å². The number of carbonyl (C=O) groups is 1. The number of alkyl halides is 3. The Morgan fingerprint density at radius 2 is 1.50 bits per heavy atom. The third-order valence-electron chi connectivity index (χ3n) is 6.25. The minimum absolute atomic E-state index is 0. The van der Waals surface area contributed by atoms with Crippen molar-refractivity contribution in [3.63, 3.8) is 0 Å². The first-order valence-electron chi connectivity index (χ1n) is 12.7. The summed E-state index contributed by atoms with van der Waals surface area (Å²) >= 11 is 0. The van der Waals surface area contributed by atoms with Crippen molar-refractivity contribution in [2.24, 2.45) is 10.8 Å². The summed E-state index contributed by atoms with van der Waals surface area (Å²) in [5.41, 5.74) is 2.08. The molecule has 40 heavy (non-hydrogen) atoms. The number of halogens is 3. The Hall–Kier alpha value is -3.02. The van der Waals surface area contributed by atoms with Crippen LogP contribution in [-0.2, 0) is 31.1 Å². The number of aromatic nitrogens is 1. The van der Waals surface area contributed by atoms with Gasteiger partial charge in [0.15, 0.2) is 5.78 Å². The SMILES string of the molecule is CC(C)(C)C(=O)/C=C(\O)C(C)(C)C.Cc1[c-]c(-c2nccc3cc(C(F)(F)F)c4ccccc4c23)cc(C)c1.[Ir]. The van der Waals surface area contributed by atoms with Gasteiger partial charge in [0, 0.05) is 43.2 Å². The maximum atomic E-state index is 13.6. The number of fused-ring (bicyclic) bond motifs is 3. The van der Waals surface area contributed by atoms with Gasteiger partial charge in [0.2, 0.25) is 0 Å². The number of pyridine rings is 1. The van der Waals surface area contributed by atoms with Gasteiger partial charge in [-0.1, -0.05) is 79.7 Å². The molecule has 0 aliphatic carbocycles. The van der Waals surface area contributed by atoms with Gasteiger partial charge in [-0.25, -0.2) is 0 Å². The zero-order chi connectivity index (χ0) is 29.3. The zero-order valence-corrected chi connectivity index (χ0v) is 26.4. The summed E-state index contributed by atoms with van der Waals surface area (Å²) in [5, 5.41) is 11.5. The molecule has 0 bridgehead atoms. The number of allylic oxidation sites excluding steroid dienone is 2. The van der Waals surface area contributed by atoms with Crippen LogP contribution < -0.4 is 0 Å². The molecular weight excluding hydrogens is 692 g/mol. The van der Waals surface area contributed by atoms with Crippen molar-refractivity contribution in [2.45, 2.75) is 61.6 Å². The maximum Gasteiger partial charge on any atom is 0.417 e. The Morgan fingerprint density at radius 3 is 2.02 bits per heavy atom. The number of ketones is 1. The molecule has 0 aliphatic rings. The average Bonchev–Trinajstić information content (AvgIpc) is 2.81. The molecular formula is C33H35F3IrNO2-. The second-order valence-electron chi connectivity index (χ2n) is 11.9. The number of hydrogen-bond donors (Lipinski definition) is 1. The molecule has 0 saturated heterocycles. The predicted molar refractivity (Wildman–Crippen MR) is 153 cm³/mol. The summed E-state index contributed by atoms with van der Waals surface area (Å²) in [5.74, 6) is 0.104. The molecule has 0 saturated carbocycles. The van der Waals surface area contributed by atoms with Gasteiger partial charge in [0.1, 0.15) is 5.76 Å². The van der Waals surface area contributed by atoms with E-state index in [1.807, 2.05) is 67.5 Å². The predicted octanol–water partition coefficient (Wildman–Crippen LogP) is 9.58. The molecule has 3 aromatic carbocycles. The topological polar surface area (TPSA) is 50.2 Å². The molecule has 1 radical (unpaired) electrons. The van der Waals surface area contributed by atoms with Crippen LogP contribution >= 0.6 is 0 Å². The molecule has 4 aromatic rings. The Morgan fingerprint density at radius 1 is 0.900 bits per heavy atom. The van der Waals surface area contributed by atoms with Crippen molar-refractivity contribution in [3.05, 3.63) is 89.3 Å². The summed E-state index contributed by atoms with van der Waals surface area (Å²) in [6.45, 7) is 15.0. The van der Waals surface area contributed by atoms with Gasteiger partial charge in [-0.3, -0.25) is 4.79 Å². The Balaban J connectivity index is 0.000000344. The van der Waals surface area contributed by atoms with E-state index in [9.17, 15) is 23.1 Å². The molecule has 0 atom stereocenters. The molecule has 0 aliphatic heterocycles. The molecule has 7 heteroatoms. The smallest absolute Gasteiger partial charge is 0.417 e. The number of hydrogen-bond acceptors (Lipinski definition) is 3. The zero-order valence-electron chi connectivity index (χ0n) is 24.0. The van der Waals surface area contributed by atoms with Gasteiger partial charge >= 0.3 is 6.18 Å². The van der Waals surface area contributed by atoms with Crippen molar-refractivity contribution >= 4 is 27.3 Å². The summed E-state index contributed by atoms with van der Waals surface area (Å²) in [7, 11) is 0. The van der Waals surface area contributed by atoms with E-state index in [-0.39, 0.29) is 42.4 Å². The van der Waals surface area contributed by atoms with E-state index < -0.39 is 17.2 Å². The molecule has 1 N–H and O–H groups in total. The number of aryl methyl sites for hydroxylation is 2. The van der Waals surface area contributed by atoms with E-state index in [2.05, 4.69) is 11.1 Å². The summed E-state index contributed by atoms with van der Waals surface area (Å²) in [4.78, 5) is 16.0. The van der Waals surface area contributed by atoms with E-state index in [4.69, 9.17) is 0 Å². The van der Waals surface area contributed by atoms with E-state index in [1.165, 1.54) is 18.2 Å². The Labute approximate surface area is 247 Å². The van der Waals surface area contributed by atoms with Crippen LogP contribution in [0.5, 0.6) is 0 Å². The van der Waals surface area contributed by atoms with Gasteiger partial charge < -0.3 is 10.1 Å². The quantitative estimate of drug-likeness (QED) is 0.0970. The standard InChI is InChI=1S/C22H15F3N.C11H20O2.Ir/c1-13-9-14(2)11-16(10-13)21-20-15(7-8-26-21)12-19(22(23,24)25)17-5-3-4-6-18(17)20;1-10(2,3)8(12)7-9(13)11(4,5)6;/h3-10,12H,1-2H3;7,12H,1-6H3;/q-1;;/b;8-7-;. The number of aliphatic hydroxyl groups excluding tert-OH is 1. The van der Waals surface area contributed by atoms with Crippen molar-refractivity contribution in [2.75, 3.05) is 0 Å². The monoisotopic (exact) mass is 727 g/mol. The van der Waals surface area contributed by atoms with Crippen LogP contribution in [0.3, 0.4) is 0 Å². The third kappa shape index (κ3) is 7.80. The molecule has 3 nitrogen and oxygen atoms in total. The fraction of sp³-hybridized carbons (Fsp3) is 0.333. The number of benzene rings is 3. The molecule has 215 valence electrons. The van der Waals surface area contributed by atoms with E-state index in [0.29, 0.717) is 16.5 Å². The van der Waals surface area contributed by atoms with Crippen LogP contribution in [-0.4, -0.2) is 15.9 Å². The van der Waals surface area contributed by atoms with Crippen LogP contribution in [0.25, 0.3) is 32.8 Å². The molecule has 1 heterocycles. The number of carbonyl (C=O) groups excluding carboxylic acids is 1. The van der Waals surface area contributed by atoms with E-state index in [0.717, 1.165) is 22.1 Å². The largest absolute Gasteiger partial charge is 0.512 e. The van der Waals surface area contributed by atoms with Crippen molar-refractivity contribution < 1.29 is 43.2 Å². The van der Waals surface area contributed by atoms with Crippen LogP contribution in [0.15, 0.2) is 66.6 Å². The summed E-state index contributed by atoms with van der Waals surface area (Å²) in [6.07, 6.45) is -1.53. The molecule has 0 fully saturated rings. The van der Waals surface area contributed by atoms with Gasteiger partial charge in [0.05, 0.1) is 5.56 Å². The molecule has 4 rings (SSSR count). The summed E-state index contributed by atoms with van der Waals surface area (Å²) < 4.78 is 40.7.